The van der Waals surface area contributed by atoms with Crippen molar-refractivity contribution in [1.82, 2.24) is 19.6 Å². The predicted molar refractivity (Wildman–Crippen MR) is 83.9 cm³/mol. The number of aliphatic hydroxyl groups is 1. The summed E-state index contributed by atoms with van der Waals surface area (Å²) in [5.74, 6) is 0.148. The molecule has 2 heterocycles. The zero-order valence-corrected chi connectivity index (χ0v) is 14.2. The van der Waals surface area contributed by atoms with E-state index in [9.17, 15) is 5.11 Å². The van der Waals surface area contributed by atoms with E-state index in [4.69, 9.17) is 23.2 Å². The van der Waals surface area contributed by atoms with Gasteiger partial charge in [-0.25, -0.2) is 0 Å². The number of aliphatic hydroxyl groups excluding tert-OH is 1. The summed E-state index contributed by atoms with van der Waals surface area (Å²) in [6.45, 7) is 6.76. The van der Waals surface area contributed by atoms with Crippen LogP contribution in [0.3, 0.4) is 0 Å². The van der Waals surface area contributed by atoms with Gasteiger partial charge in [-0.3, -0.25) is 9.36 Å². The van der Waals surface area contributed by atoms with E-state index in [2.05, 4.69) is 10.2 Å². The Bertz CT molecular complexity index is 633. The molecule has 116 valence electrons. The van der Waals surface area contributed by atoms with Crippen LogP contribution in [0.2, 0.25) is 10.2 Å². The smallest absolute Gasteiger partial charge is 0.133 e. The molecule has 0 saturated carbocycles. The molecule has 0 spiro atoms. The first-order valence-electron chi connectivity index (χ1n) is 7.00. The predicted octanol–water partition coefficient (Wildman–Crippen LogP) is 3.54. The Morgan fingerprint density at radius 3 is 2.57 bits per heavy atom. The van der Waals surface area contributed by atoms with Crippen LogP contribution in [0.5, 0.6) is 0 Å². The molecule has 0 aliphatic carbocycles. The van der Waals surface area contributed by atoms with E-state index in [0.717, 1.165) is 12.1 Å². The SMILES string of the molecule is CCCn1ncc(Cl)c1C(O)c1c(C(C)C)nn(C)c1Cl. The van der Waals surface area contributed by atoms with Crippen LogP contribution in [0.15, 0.2) is 6.20 Å². The highest BCUT2D eigenvalue weighted by Gasteiger charge is 2.28. The average molecular weight is 331 g/mol. The molecule has 0 aliphatic heterocycles. The van der Waals surface area contributed by atoms with Crippen LogP contribution in [-0.2, 0) is 13.6 Å². The van der Waals surface area contributed by atoms with E-state index in [0.29, 0.717) is 28.0 Å². The molecule has 1 N–H and O–H groups in total. The standard InChI is InChI=1S/C14H20Cl2N4O/c1-5-6-20-12(9(15)7-17-20)13(21)10-11(8(2)3)18-19(4)14(10)16/h7-8,13,21H,5-6H2,1-4H3. The van der Waals surface area contributed by atoms with Crippen LogP contribution < -0.4 is 0 Å². The van der Waals surface area contributed by atoms with Crippen molar-refractivity contribution in [1.29, 1.82) is 0 Å². The van der Waals surface area contributed by atoms with Crippen molar-refractivity contribution < 1.29 is 5.11 Å². The average Bonchev–Trinajstić information content (AvgIpc) is 2.92. The lowest BCUT2D eigenvalue weighted by Gasteiger charge is -2.15. The summed E-state index contributed by atoms with van der Waals surface area (Å²) in [6, 6.07) is 0. The summed E-state index contributed by atoms with van der Waals surface area (Å²) in [4.78, 5) is 0. The van der Waals surface area contributed by atoms with Gasteiger partial charge >= 0.3 is 0 Å². The molecule has 5 nitrogen and oxygen atoms in total. The Morgan fingerprint density at radius 1 is 1.33 bits per heavy atom. The number of rotatable bonds is 5. The second-order valence-electron chi connectivity index (χ2n) is 5.37. The highest BCUT2D eigenvalue weighted by molar-refractivity contribution is 6.31. The van der Waals surface area contributed by atoms with Gasteiger partial charge in [0, 0.05) is 19.2 Å². The van der Waals surface area contributed by atoms with E-state index in [1.165, 1.54) is 0 Å². The summed E-state index contributed by atoms with van der Waals surface area (Å²) < 4.78 is 3.30. The van der Waals surface area contributed by atoms with E-state index in [1.807, 2.05) is 20.8 Å². The minimum absolute atomic E-state index is 0.148. The van der Waals surface area contributed by atoms with Crippen LogP contribution in [0.1, 0.15) is 56.2 Å². The maximum absolute atomic E-state index is 10.8. The zero-order chi connectivity index (χ0) is 15.7. The Labute approximate surface area is 134 Å². The topological polar surface area (TPSA) is 55.9 Å². The second kappa shape index (κ2) is 6.38. The van der Waals surface area contributed by atoms with Crippen molar-refractivity contribution >= 4 is 23.2 Å². The van der Waals surface area contributed by atoms with Gasteiger partial charge in [-0.1, -0.05) is 44.0 Å². The first-order valence-corrected chi connectivity index (χ1v) is 7.75. The first kappa shape index (κ1) is 16.3. The number of aromatic nitrogens is 4. The van der Waals surface area contributed by atoms with Gasteiger partial charge in [0.25, 0.3) is 0 Å². The molecule has 0 amide bonds. The van der Waals surface area contributed by atoms with Crippen molar-refractivity contribution in [3.63, 3.8) is 0 Å². The summed E-state index contributed by atoms with van der Waals surface area (Å²) >= 11 is 12.5. The lowest BCUT2D eigenvalue weighted by atomic mass is 10.0. The molecular weight excluding hydrogens is 311 g/mol. The fourth-order valence-electron chi connectivity index (χ4n) is 2.39. The number of halogens is 2. The molecular formula is C14H20Cl2N4O. The van der Waals surface area contributed by atoms with Crippen LogP contribution >= 0.6 is 23.2 Å². The number of hydrogen-bond donors (Lipinski definition) is 1. The summed E-state index contributed by atoms with van der Waals surface area (Å²) in [5.41, 5.74) is 1.94. The Kier molecular flexibility index (Phi) is 4.96. The van der Waals surface area contributed by atoms with E-state index in [1.54, 1.807) is 22.6 Å². The molecule has 2 rings (SSSR count). The first-order chi connectivity index (χ1) is 9.88. The fraction of sp³-hybridized carbons (Fsp3) is 0.571. The summed E-state index contributed by atoms with van der Waals surface area (Å²) in [5, 5.41) is 20.3. The van der Waals surface area contributed by atoms with Gasteiger partial charge < -0.3 is 5.11 Å². The van der Waals surface area contributed by atoms with Crippen molar-refractivity contribution in [3.8, 4) is 0 Å². The Hall–Kier alpha value is -1.04. The largest absolute Gasteiger partial charge is 0.382 e. The number of hydrogen-bond acceptors (Lipinski definition) is 3. The quantitative estimate of drug-likeness (QED) is 0.912. The highest BCUT2D eigenvalue weighted by atomic mass is 35.5. The minimum Gasteiger partial charge on any atom is -0.382 e. The third kappa shape index (κ3) is 2.96. The van der Waals surface area contributed by atoms with Crippen LogP contribution in [0, 0.1) is 0 Å². The molecule has 1 atom stereocenters. The molecule has 0 aromatic carbocycles. The monoisotopic (exact) mass is 330 g/mol. The van der Waals surface area contributed by atoms with Gasteiger partial charge in [-0.05, 0) is 12.3 Å². The highest BCUT2D eigenvalue weighted by Crippen LogP contribution is 2.36. The van der Waals surface area contributed by atoms with Gasteiger partial charge in [-0.15, -0.1) is 0 Å². The van der Waals surface area contributed by atoms with Crippen molar-refractivity contribution in [2.75, 3.05) is 0 Å². The van der Waals surface area contributed by atoms with Gasteiger partial charge in [0.15, 0.2) is 0 Å². The molecule has 21 heavy (non-hydrogen) atoms. The van der Waals surface area contributed by atoms with Gasteiger partial charge in [-0.2, -0.15) is 10.2 Å². The zero-order valence-electron chi connectivity index (χ0n) is 12.6. The van der Waals surface area contributed by atoms with E-state index < -0.39 is 6.10 Å². The Balaban J connectivity index is 2.55. The van der Waals surface area contributed by atoms with Crippen molar-refractivity contribution in [3.05, 3.63) is 33.3 Å². The third-order valence-corrected chi connectivity index (χ3v) is 4.13. The van der Waals surface area contributed by atoms with Crippen molar-refractivity contribution in [2.24, 2.45) is 7.05 Å². The molecule has 0 saturated heterocycles. The lowest BCUT2D eigenvalue weighted by molar-refractivity contribution is 0.206. The summed E-state index contributed by atoms with van der Waals surface area (Å²) in [7, 11) is 1.76. The van der Waals surface area contributed by atoms with Crippen LogP contribution in [-0.4, -0.2) is 24.7 Å². The lowest BCUT2D eigenvalue weighted by Crippen LogP contribution is -2.12. The van der Waals surface area contributed by atoms with E-state index in [-0.39, 0.29) is 5.92 Å². The molecule has 0 bridgehead atoms. The van der Waals surface area contributed by atoms with Gasteiger partial charge in [0.2, 0.25) is 0 Å². The van der Waals surface area contributed by atoms with Gasteiger partial charge in [0.1, 0.15) is 11.3 Å². The molecule has 2 aromatic rings. The molecule has 0 aliphatic rings. The second-order valence-corrected chi connectivity index (χ2v) is 6.14. The van der Waals surface area contributed by atoms with Crippen LogP contribution in [0.4, 0.5) is 0 Å². The normalized spacial score (nSPS) is 13.1. The summed E-state index contributed by atoms with van der Waals surface area (Å²) in [6.07, 6.45) is 1.51. The molecule has 1 unspecified atom stereocenters. The molecule has 7 heteroatoms. The van der Waals surface area contributed by atoms with E-state index >= 15 is 0 Å². The number of nitrogens with zero attached hydrogens (tertiary/aromatic N) is 4. The molecule has 0 radical (unpaired) electrons. The third-order valence-electron chi connectivity index (χ3n) is 3.39. The minimum atomic E-state index is -0.940. The molecule has 2 aromatic heterocycles. The fourth-order valence-corrected chi connectivity index (χ4v) is 2.87. The maximum Gasteiger partial charge on any atom is 0.133 e. The Morgan fingerprint density at radius 2 is 2.00 bits per heavy atom. The van der Waals surface area contributed by atoms with Gasteiger partial charge in [0.05, 0.1) is 22.6 Å². The molecule has 0 fully saturated rings. The van der Waals surface area contributed by atoms with Crippen molar-refractivity contribution in [2.45, 2.75) is 45.8 Å². The maximum atomic E-state index is 10.8. The number of aryl methyl sites for hydroxylation is 2. The van der Waals surface area contributed by atoms with Crippen LogP contribution in [0.25, 0.3) is 0 Å².